The maximum absolute atomic E-state index is 5.29. The van der Waals surface area contributed by atoms with Gasteiger partial charge in [-0.2, -0.15) is 0 Å². The van der Waals surface area contributed by atoms with Crippen LogP contribution in [0.2, 0.25) is 0 Å². The summed E-state index contributed by atoms with van der Waals surface area (Å²) in [6, 6.07) is 4.42. The minimum absolute atomic E-state index is 0.215. The first-order valence-corrected chi connectivity index (χ1v) is 6.61. The first kappa shape index (κ1) is 15.0. The molecule has 0 bridgehead atoms. The zero-order valence-electron chi connectivity index (χ0n) is 11.2. The van der Waals surface area contributed by atoms with Crippen molar-refractivity contribution in [2.24, 2.45) is 0 Å². The Balaban J connectivity index is 2.18. The molecular formula is C13H22N2O2S. The zero-order valence-corrected chi connectivity index (χ0v) is 12.0. The summed E-state index contributed by atoms with van der Waals surface area (Å²) in [5.41, 5.74) is 0. The number of methoxy groups -OCH3 is 1. The second kappa shape index (κ2) is 8.11. The van der Waals surface area contributed by atoms with E-state index in [1.54, 1.807) is 13.4 Å². The van der Waals surface area contributed by atoms with Crippen LogP contribution in [0.15, 0.2) is 22.8 Å². The summed E-state index contributed by atoms with van der Waals surface area (Å²) in [5.74, 6) is 1.01. The molecule has 0 radical (unpaired) electrons. The fourth-order valence-electron chi connectivity index (χ4n) is 1.67. The predicted octanol–water partition coefficient (Wildman–Crippen LogP) is 2.10. The van der Waals surface area contributed by atoms with Gasteiger partial charge in [-0.3, -0.25) is 0 Å². The van der Waals surface area contributed by atoms with Gasteiger partial charge in [-0.1, -0.05) is 0 Å². The highest BCUT2D eigenvalue weighted by Crippen LogP contribution is 2.05. The molecule has 18 heavy (non-hydrogen) atoms. The van der Waals surface area contributed by atoms with Crippen molar-refractivity contribution in [1.82, 2.24) is 10.6 Å². The lowest BCUT2D eigenvalue weighted by Crippen LogP contribution is -2.45. The van der Waals surface area contributed by atoms with E-state index in [0.29, 0.717) is 17.8 Å². The lowest BCUT2D eigenvalue weighted by atomic mass is 10.1. The third-order valence-electron chi connectivity index (χ3n) is 2.58. The molecule has 0 fully saturated rings. The van der Waals surface area contributed by atoms with Crippen molar-refractivity contribution < 1.29 is 9.15 Å². The van der Waals surface area contributed by atoms with Crippen LogP contribution in [0.1, 0.15) is 26.0 Å². The Hall–Kier alpha value is -1.07. The maximum atomic E-state index is 5.29. The van der Waals surface area contributed by atoms with E-state index >= 15 is 0 Å². The third-order valence-corrected chi connectivity index (χ3v) is 2.81. The number of thiocarbonyl (C=S) groups is 1. The van der Waals surface area contributed by atoms with Crippen molar-refractivity contribution >= 4 is 17.3 Å². The summed E-state index contributed by atoms with van der Waals surface area (Å²) in [7, 11) is 1.68. The Morgan fingerprint density at radius 3 is 2.72 bits per heavy atom. The van der Waals surface area contributed by atoms with Gasteiger partial charge in [0.1, 0.15) is 5.76 Å². The van der Waals surface area contributed by atoms with E-state index in [1.165, 1.54) is 0 Å². The lowest BCUT2D eigenvalue weighted by molar-refractivity contribution is 0.179. The number of aryl methyl sites for hydroxylation is 1. The van der Waals surface area contributed by atoms with Gasteiger partial charge in [0.2, 0.25) is 0 Å². The van der Waals surface area contributed by atoms with E-state index in [1.807, 2.05) is 19.1 Å². The third kappa shape index (κ3) is 6.02. The molecular weight excluding hydrogens is 248 g/mol. The minimum Gasteiger partial charge on any atom is -0.469 e. The maximum Gasteiger partial charge on any atom is 0.166 e. The van der Waals surface area contributed by atoms with Gasteiger partial charge in [0.15, 0.2) is 5.11 Å². The highest BCUT2D eigenvalue weighted by atomic mass is 32.1. The summed E-state index contributed by atoms with van der Waals surface area (Å²) >= 11 is 5.23. The second-order valence-electron chi connectivity index (χ2n) is 4.49. The first-order chi connectivity index (χ1) is 8.61. The van der Waals surface area contributed by atoms with Crippen LogP contribution in [0, 0.1) is 0 Å². The van der Waals surface area contributed by atoms with Crippen molar-refractivity contribution in [2.75, 3.05) is 13.7 Å². The molecule has 0 spiro atoms. The van der Waals surface area contributed by atoms with Gasteiger partial charge >= 0.3 is 0 Å². The normalized spacial score (nSPS) is 13.9. The molecule has 2 atom stereocenters. The topological polar surface area (TPSA) is 46.4 Å². The molecule has 4 nitrogen and oxygen atoms in total. The number of hydrogen-bond acceptors (Lipinski definition) is 3. The van der Waals surface area contributed by atoms with Crippen molar-refractivity contribution in [3.8, 4) is 0 Å². The van der Waals surface area contributed by atoms with Crippen molar-refractivity contribution in [2.45, 2.75) is 38.8 Å². The van der Waals surface area contributed by atoms with Crippen LogP contribution in [-0.2, 0) is 11.2 Å². The monoisotopic (exact) mass is 270 g/mol. The predicted molar refractivity (Wildman–Crippen MR) is 76.7 cm³/mol. The van der Waals surface area contributed by atoms with Crippen LogP contribution < -0.4 is 10.6 Å². The fourth-order valence-corrected chi connectivity index (χ4v) is 2.07. The summed E-state index contributed by atoms with van der Waals surface area (Å²) in [6.07, 6.45) is 3.59. The quantitative estimate of drug-likeness (QED) is 0.743. The highest BCUT2D eigenvalue weighted by Gasteiger charge is 2.08. The highest BCUT2D eigenvalue weighted by molar-refractivity contribution is 7.80. The van der Waals surface area contributed by atoms with Crippen molar-refractivity contribution in [3.63, 3.8) is 0 Å². The molecule has 5 heteroatoms. The average Bonchev–Trinajstić information content (AvgIpc) is 2.79. The lowest BCUT2D eigenvalue weighted by Gasteiger charge is -2.19. The fraction of sp³-hybridized carbons (Fsp3) is 0.615. The van der Waals surface area contributed by atoms with E-state index in [9.17, 15) is 0 Å². The zero-order chi connectivity index (χ0) is 13.4. The average molecular weight is 270 g/mol. The van der Waals surface area contributed by atoms with Crippen molar-refractivity contribution in [1.29, 1.82) is 0 Å². The smallest absolute Gasteiger partial charge is 0.166 e. The van der Waals surface area contributed by atoms with Crippen LogP contribution in [0.3, 0.4) is 0 Å². The largest absolute Gasteiger partial charge is 0.469 e. The molecule has 0 amide bonds. The molecule has 0 saturated carbocycles. The Kier molecular flexibility index (Phi) is 6.75. The molecule has 0 aliphatic carbocycles. The molecule has 1 aromatic heterocycles. The molecule has 0 aromatic carbocycles. The number of hydrogen-bond donors (Lipinski definition) is 2. The summed E-state index contributed by atoms with van der Waals surface area (Å²) in [4.78, 5) is 0. The van der Waals surface area contributed by atoms with E-state index in [-0.39, 0.29) is 6.04 Å². The van der Waals surface area contributed by atoms with Crippen molar-refractivity contribution in [3.05, 3.63) is 24.2 Å². The van der Waals surface area contributed by atoms with Gasteiger partial charge < -0.3 is 19.8 Å². The molecule has 102 valence electrons. The van der Waals surface area contributed by atoms with E-state index < -0.39 is 0 Å². The Labute approximate surface area is 114 Å². The number of nitrogens with one attached hydrogen (secondary N) is 2. The summed E-state index contributed by atoms with van der Waals surface area (Å²) < 4.78 is 10.3. The second-order valence-corrected chi connectivity index (χ2v) is 4.90. The van der Waals surface area contributed by atoms with Crippen LogP contribution >= 0.6 is 12.2 Å². The first-order valence-electron chi connectivity index (χ1n) is 6.20. The molecule has 0 aliphatic rings. The van der Waals surface area contributed by atoms with Gasteiger partial charge in [0.25, 0.3) is 0 Å². The molecule has 1 aromatic rings. The van der Waals surface area contributed by atoms with Gasteiger partial charge in [-0.25, -0.2) is 0 Å². The van der Waals surface area contributed by atoms with Gasteiger partial charge in [0, 0.05) is 25.6 Å². The SMILES string of the molecule is COCC(C)NC(=S)NC(C)CCc1ccco1. The number of ether oxygens (including phenoxy) is 1. The van der Waals surface area contributed by atoms with E-state index in [0.717, 1.165) is 18.6 Å². The summed E-state index contributed by atoms with van der Waals surface area (Å²) in [6.45, 7) is 4.78. The molecule has 2 unspecified atom stereocenters. The minimum atomic E-state index is 0.215. The Morgan fingerprint density at radius 2 is 2.11 bits per heavy atom. The van der Waals surface area contributed by atoms with Gasteiger partial charge in [0.05, 0.1) is 12.9 Å². The van der Waals surface area contributed by atoms with Gasteiger partial charge in [-0.05, 0) is 44.6 Å². The molecule has 1 heterocycles. The van der Waals surface area contributed by atoms with E-state index in [4.69, 9.17) is 21.4 Å². The Bertz CT molecular complexity index is 341. The van der Waals surface area contributed by atoms with Crippen LogP contribution in [0.4, 0.5) is 0 Å². The standard InChI is InChI=1S/C13H22N2O2S/c1-10(6-7-12-5-4-8-17-12)14-13(18)15-11(2)9-16-3/h4-5,8,10-11H,6-7,9H2,1-3H3,(H2,14,15,18). The molecule has 0 aliphatic heterocycles. The molecule has 1 rings (SSSR count). The molecule has 0 saturated heterocycles. The van der Waals surface area contributed by atoms with Gasteiger partial charge in [-0.15, -0.1) is 0 Å². The summed E-state index contributed by atoms with van der Waals surface area (Å²) in [5, 5.41) is 7.10. The van der Waals surface area contributed by atoms with Crippen LogP contribution in [0.5, 0.6) is 0 Å². The number of furan rings is 1. The Morgan fingerprint density at radius 1 is 1.39 bits per heavy atom. The number of rotatable bonds is 7. The van der Waals surface area contributed by atoms with Crippen LogP contribution in [0.25, 0.3) is 0 Å². The molecule has 2 N–H and O–H groups in total. The van der Waals surface area contributed by atoms with E-state index in [2.05, 4.69) is 17.6 Å². The van der Waals surface area contributed by atoms with Crippen LogP contribution in [-0.4, -0.2) is 30.9 Å².